The number of fused-ring (bicyclic) bond motifs is 1. The van der Waals surface area contributed by atoms with Crippen molar-refractivity contribution in [2.75, 3.05) is 0 Å². The number of nitrogens with two attached hydrogens (primary N) is 1. The second-order valence-corrected chi connectivity index (χ2v) is 2.29. The minimum absolute atomic E-state index is 0.302. The van der Waals surface area contributed by atoms with Crippen LogP contribution >= 0.6 is 0 Å². The molecule has 0 saturated carbocycles. The number of pyridine rings is 1. The van der Waals surface area contributed by atoms with Gasteiger partial charge in [0.2, 0.25) is 0 Å². The van der Waals surface area contributed by atoms with Crippen molar-refractivity contribution in [3.8, 4) is 0 Å². The van der Waals surface area contributed by atoms with E-state index < -0.39 is 6.50 Å². The quantitative estimate of drug-likeness (QED) is 0.563. The van der Waals surface area contributed by atoms with E-state index in [-0.39, 0.29) is 0 Å². The van der Waals surface area contributed by atoms with Crippen LogP contribution in [0, 0.1) is 0 Å². The summed E-state index contributed by atoms with van der Waals surface area (Å²) in [7, 11) is 0. The Balaban J connectivity index is 2.62. The zero-order chi connectivity index (χ0) is 9.47. The van der Waals surface area contributed by atoms with E-state index in [0.29, 0.717) is 17.1 Å². The van der Waals surface area contributed by atoms with E-state index in [4.69, 9.17) is 8.48 Å². The third-order valence-electron chi connectivity index (χ3n) is 1.47. The normalized spacial score (nSPS) is 22.0. The highest BCUT2D eigenvalue weighted by Gasteiger charge is 2.05. The van der Waals surface area contributed by atoms with Crippen molar-refractivity contribution < 1.29 is 2.74 Å². The summed E-state index contributed by atoms with van der Waals surface area (Å²) in [4.78, 5) is 4.03. The fraction of sp³-hybridized carbons (Fsp3) is 0.125. The molecule has 1 aromatic heterocycles. The maximum atomic E-state index is 7.63. The van der Waals surface area contributed by atoms with Gasteiger partial charge in [0.15, 0.2) is 0 Å². The predicted molar refractivity (Wildman–Crippen MR) is 43.2 cm³/mol. The Bertz CT molecular complexity index is 373. The van der Waals surface area contributed by atoms with Gasteiger partial charge in [-0.1, -0.05) is 6.07 Å². The van der Waals surface area contributed by atoms with Crippen molar-refractivity contribution in [3.63, 3.8) is 0 Å². The SMILES string of the molecule is [2H]C1([2H])NC(N)=Cc2ncccc21. The third kappa shape index (κ3) is 1.05. The first-order valence-electron chi connectivity index (χ1n) is 4.30. The van der Waals surface area contributed by atoms with Gasteiger partial charge in [0.05, 0.1) is 14.3 Å². The van der Waals surface area contributed by atoms with E-state index in [1.165, 1.54) is 0 Å². The first kappa shape index (κ1) is 4.38. The summed E-state index contributed by atoms with van der Waals surface area (Å²) in [5.74, 6) is 0.302. The molecule has 3 N–H and O–H groups in total. The maximum absolute atomic E-state index is 7.63. The minimum atomic E-state index is -1.62. The second kappa shape index (κ2) is 2.27. The first-order valence-corrected chi connectivity index (χ1v) is 3.30. The monoisotopic (exact) mass is 149 g/mol. The number of nitrogens with zero attached hydrogens (tertiary/aromatic N) is 1. The molecule has 11 heavy (non-hydrogen) atoms. The highest BCUT2D eigenvalue weighted by atomic mass is 15.0. The molecule has 0 atom stereocenters. The molecule has 0 aliphatic carbocycles. The Morgan fingerprint density at radius 3 is 3.55 bits per heavy atom. The lowest BCUT2D eigenvalue weighted by atomic mass is 10.1. The highest BCUT2D eigenvalue weighted by molar-refractivity contribution is 5.53. The molecule has 0 radical (unpaired) electrons. The summed E-state index contributed by atoms with van der Waals surface area (Å²) >= 11 is 0. The Labute approximate surface area is 67.8 Å². The van der Waals surface area contributed by atoms with E-state index in [1.54, 1.807) is 24.4 Å². The van der Waals surface area contributed by atoms with Crippen molar-refractivity contribution in [1.29, 1.82) is 0 Å². The number of aromatic nitrogens is 1. The molecule has 0 spiro atoms. The second-order valence-electron chi connectivity index (χ2n) is 2.29. The summed E-state index contributed by atoms with van der Waals surface area (Å²) in [5.41, 5.74) is 6.60. The molecule has 56 valence electrons. The van der Waals surface area contributed by atoms with Gasteiger partial charge in [-0.3, -0.25) is 4.98 Å². The molecule has 0 unspecified atom stereocenters. The zero-order valence-corrected chi connectivity index (χ0v) is 5.83. The Morgan fingerprint density at radius 2 is 2.64 bits per heavy atom. The molecule has 0 bridgehead atoms. The average Bonchev–Trinajstić information content (AvgIpc) is 2.02. The van der Waals surface area contributed by atoms with Crippen LogP contribution in [0.5, 0.6) is 0 Å². The average molecular weight is 149 g/mol. The summed E-state index contributed by atoms with van der Waals surface area (Å²) in [5, 5.41) is 2.54. The van der Waals surface area contributed by atoms with Crippen LogP contribution < -0.4 is 11.1 Å². The number of nitrogens with one attached hydrogen (secondary N) is 1. The Kier molecular flexibility index (Phi) is 0.904. The van der Waals surface area contributed by atoms with Crippen molar-refractivity contribution >= 4 is 6.08 Å². The van der Waals surface area contributed by atoms with Gasteiger partial charge in [0, 0.05) is 18.8 Å². The van der Waals surface area contributed by atoms with E-state index in [0.717, 1.165) is 0 Å². The smallest absolute Gasteiger partial charge is 0.0984 e. The van der Waals surface area contributed by atoms with E-state index >= 15 is 0 Å². The molecule has 0 amide bonds. The highest BCUT2D eigenvalue weighted by Crippen LogP contribution is 2.11. The van der Waals surface area contributed by atoms with Crippen LogP contribution in [0.3, 0.4) is 0 Å². The standard InChI is InChI=1S/C8H9N3/c9-8-4-7-6(5-11-8)2-1-3-10-7/h1-4,11H,5,9H2/i5D2. The molecule has 2 rings (SSSR count). The molecule has 0 aromatic carbocycles. The molecule has 3 heteroatoms. The lowest BCUT2D eigenvalue weighted by Gasteiger charge is -2.13. The molecule has 2 heterocycles. The van der Waals surface area contributed by atoms with Crippen molar-refractivity contribution in [3.05, 3.63) is 35.4 Å². The van der Waals surface area contributed by atoms with Crippen molar-refractivity contribution in [2.45, 2.75) is 6.50 Å². The van der Waals surface area contributed by atoms with E-state index in [9.17, 15) is 0 Å². The van der Waals surface area contributed by atoms with Crippen LogP contribution in [0.1, 0.15) is 14.0 Å². The topological polar surface area (TPSA) is 50.9 Å². The lowest BCUT2D eigenvalue weighted by Crippen LogP contribution is -2.23. The van der Waals surface area contributed by atoms with Crippen LogP contribution in [0.15, 0.2) is 24.2 Å². The van der Waals surface area contributed by atoms with Gasteiger partial charge >= 0.3 is 0 Å². The van der Waals surface area contributed by atoms with Gasteiger partial charge in [-0.2, -0.15) is 0 Å². The van der Waals surface area contributed by atoms with Crippen LogP contribution in [0.4, 0.5) is 0 Å². The minimum Gasteiger partial charge on any atom is -0.385 e. The number of rotatable bonds is 0. The van der Waals surface area contributed by atoms with Crippen LogP contribution in [-0.2, 0) is 6.50 Å². The van der Waals surface area contributed by atoms with E-state index in [1.807, 2.05) is 0 Å². The molecular weight excluding hydrogens is 138 g/mol. The van der Waals surface area contributed by atoms with Crippen LogP contribution in [0.25, 0.3) is 6.08 Å². The first-order chi connectivity index (χ1) is 6.09. The molecular formula is C8H9N3. The van der Waals surface area contributed by atoms with Crippen molar-refractivity contribution in [1.82, 2.24) is 10.3 Å². The number of hydrogen-bond donors (Lipinski definition) is 2. The summed E-state index contributed by atoms with van der Waals surface area (Å²) < 4.78 is 15.3. The zero-order valence-electron chi connectivity index (χ0n) is 7.83. The van der Waals surface area contributed by atoms with Crippen molar-refractivity contribution in [2.24, 2.45) is 5.73 Å². The molecule has 1 aliphatic rings. The molecule has 1 aliphatic heterocycles. The lowest BCUT2D eigenvalue weighted by molar-refractivity contribution is 0.783. The third-order valence-corrected chi connectivity index (χ3v) is 1.47. The Morgan fingerprint density at radius 1 is 1.73 bits per heavy atom. The predicted octanol–water partition coefficient (Wildman–Crippen LogP) is 0.442. The molecule has 3 nitrogen and oxygen atoms in total. The van der Waals surface area contributed by atoms with Gasteiger partial charge in [-0.05, 0) is 11.6 Å². The maximum Gasteiger partial charge on any atom is 0.0984 e. The fourth-order valence-corrected chi connectivity index (χ4v) is 0.961. The summed E-state index contributed by atoms with van der Waals surface area (Å²) in [6.45, 7) is -1.62. The largest absolute Gasteiger partial charge is 0.385 e. The van der Waals surface area contributed by atoms with E-state index in [2.05, 4.69) is 10.3 Å². The summed E-state index contributed by atoms with van der Waals surface area (Å²) in [6, 6.07) is 3.39. The van der Waals surface area contributed by atoms with Crippen LogP contribution in [0.2, 0.25) is 0 Å². The number of hydrogen-bond acceptors (Lipinski definition) is 3. The van der Waals surface area contributed by atoms with Gasteiger partial charge < -0.3 is 11.1 Å². The van der Waals surface area contributed by atoms with Crippen LogP contribution in [-0.4, -0.2) is 4.98 Å². The fourth-order valence-electron chi connectivity index (χ4n) is 0.961. The van der Waals surface area contributed by atoms with Gasteiger partial charge in [-0.15, -0.1) is 0 Å². The van der Waals surface area contributed by atoms with Gasteiger partial charge in [0.25, 0.3) is 0 Å². The van der Waals surface area contributed by atoms with Gasteiger partial charge in [0.1, 0.15) is 0 Å². The van der Waals surface area contributed by atoms with Gasteiger partial charge in [-0.25, -0.2) is 0 Å². The Hall–Kier alpha value is -1.51. The molecule has 0 fully saturated rings. The summed E-state index contributed by atoms with van der Waals surface area (Å²) in [6.07, 6.45) is 3.24. The molecule has 1 aromatic rings. The molecule has 0 saturated heterocycles.